The number of hydrogen-bond acceptors (Lipinski definition) is 7. The molecule has 0 saturated heterocycles. The third-order valence-electron chi connectivity index (χ3n) is 2.41. The number of hydrogen-bond donors (Lipinski definition) is 4. The number of hydrazone groups is 1. The van der Waals surface area contributed by atoms with E-state index in [4.69, 9.17) is 16.2 Å². The number of nitrogens with one attached hydrogen (secondary N) is 1. The van der Waals surface area contributed by atoms with Gasteiger partial charge < -0.3 is 21.3 Å². The molecule has 9 nitrogen and oxygen atoms in total. The van der Waals surface area contributed by atoms with Crippen molar-refractivity contribution in [3.05, 3.63) is 29.5 Å². The number of anilines is 1. The lowest BCUT2D eigenvalue weighted by molar-refractivity contribution is -0.456. The Hall–Kier alpha value is -3.10. The van der Waals surface area contributed by atoms with E-state index in [0.717, 1.165) is 0 Å². The van der Waals surface area contributed by atoms with Crippen LogP contribution in [0.2, 0.25) is 0 Å². The third-order valence-corrected chi connectivity index (χ3v) is 2.41. The van der Waals surface area contributed by atoms with Gasteiger partial charge >= 0.3 is 0 Å². The van der Waals surface area contributed by atoms with Crippen LogP contribution in [0.1, 0.15) is 11.3 Å². The Labute approximate surface area is 113 Å². The van der Waals surface area contributed by atoms with E-state index in [1.54, 1.807) is 18.2 Å². The van der Waals surface area contributed by atoms with Crippen LogP contribution in [-0.2, 0) is 0 Å². The molecule has 0 bridgehead atoms. The summed E-state index contributed by atoms with van der Waals surface area (Å²) in [5.74, 6) is 0.376. The Balaban J connectivity index is 2.20. The highest BCUT2D eigenvalue weighted by Gasteiger charge is 2.12. The Morgan fingerprint density at radius 1 is 1.50 bits per heavy atom. The minimum Gasteiger partial charge on any atom is -0.504 e. The number of benzene rings is 1. The van der Waals surface area contributed by atoms with Gasteiger partial charge in [-0.15, -0.1) is 5.10 Å². The van der Waals surface area contributed by atoms with Crippen molar-refractivity contribution in [2.24, 2.45) is 10.8 Å². The number of methoxy groups -OCH3 is 1. The Morgan fingerprint density at radius 2 is 2.30 bits per heavy atom. The van der Waals surface area contributed by atoms with Gasteiger partial charge in [0.15, 0.2) is 23.0 Å². The second kappa shape index (κ2) is 5.69. The van der Waals surface area contributed by atoms with Gasteiger partial charge in [-0.1, -0.05) is 6.07 Å². The highest BCUT2D eigenvalue weighted by atomic mass is 16.6. The van der Waals surface area contributed by atoms with Crippen LogP contribution in [-0.4, -0.2) is 34.6 Å². The van der Waals surface area contributed by atoms with E-state index in [9.17, 15) is 5.11 Å². The van der Waals surface area contributed by atoms with E-state index in [1.807, 2.05) is 0 Å². The summed E-state index contributed by atoms with van der Waals surface area (Å²) in [4.78, 5) is 0. The van der Waals surface area contributed by atoms with Crippen LogP contribution in [0.25, 0.3) is 0 Å². The van der Waals surface area contributed by atoms with Gasteiger partial charge in [0, 0.05) is 5.10 Å². The SMILES string of the molecule is COc1cccc(C=[NH+]N=C(N)c2nonc2N)c1O. The van der Waals surface area contributed by atoms with Crippen LogP contribution in [0, 0.1) is 0 Å². The lowest BCUT2D eigenvalue weighted by atomic mass is 10.2. The minimum absolute atomic E-state index is 0.00221. The topological polar surface area (TPSA) is 147 Å². The van der Waals surface area contributed by atoms with Crippen LogP contribution in [0.5, 0.6) is 11.5 Å². The summed E-state index contributed by atoms with van der Waals surface area (Å²) in [6.45, 7) is 0. The van der Waals surface area contributed by atoms with Gasteiger partial charge in [-0.2, -0.15) is 0 Å². The van der Waals surface area contributed by atoms with Crippen molar-refractivity contribution in [3.63, 3.8) is 0 Å². The van der Waals surface area contributed by atoms with Crippen molar-refractivity contribution in [1.29, 1.82) is 0 Å². The van der Waals surface area contributed by atoms with Gasteiger partial charge in [-0.25, -0.2) is 4.63 Å². The molecule has 104 valence electrons. The molecular formula is C11H13N6O3+. The number of nitrogens with zero attached hydrogens (tertiary/aromatic N) is 3. The second-order valence-corrected chi connectivity index (χ2v) is 3.67. The number of phenols is 1. The average molecular weight is 277 g/mol. The average Bonchev–Trinajstić information content (AvgIpc) is 2.87. The normalized spacial score (nSPS) is 11.9. The standard InChI is InChI=1S/C11H12N6O3/c1-19-7-4-2-3-6(9(7)18)5-14-15-10(12)8-11(13)17-20-16-8/h2-5,18H,1H3,(H2,12,15)(H2,13,17)/p+1. The smallest absolute Gasteiger partial charge is 0.224 e. The molecule has 2 aromatic rings. The third kappa shape index (κ3) is 2.66. The number of aromatic nitrogens is 2. The molecule has 0 amide bonds. The van der Waals surface area contributed by atoms with Gasteiger partial charge in [0.2, 0.25) is 12.1 Å². The maximum absolute atomic E-state index is 9.85. The van der Waals surface area contributed by atoms with Crippen LogP contribution in [0.3, 0.4) is 0 Å². The monoisotopic (exact) mass is 277 g/mol. The lowest BCUT2D eigenvalue weighted by Gasteiger charge is -2.02. The molecule has 0 saturated carbocycles. The summed E-state index contributed by atoms with van der Waals surface area (Å²) in [5.41, 5.74) is 11.7. The molecule has 0 aliphatic heterocycles. The second-order valence-electron chi connectivity index (χ2n) is 3.67. The molecule has 0 atom stereocenters. The maximum Gasteiger partial charge on any atom is 0.224 e. The summed E-state index contributed by atoms with van der Waals surface area (Å²) >= 11 is 0. The van der Waals surface area contributed by atoms with E-state index in [-0.39, 0.29) is 23.1 Å². The Bertz CT molecular complexity index is 664. The molecule has 2 rings (SSSR count). The molecular weight excluding hydrogens is 264 g/mol. The molecule has 6 N–H and O–H groups in total. The van der Waals surface area contributed by atoms with Gasteiger partial charge in [0.25, 0.3) is 0 Å². The molecule has 0 spiro atoms. The minimum atomic E-state index is -0.0149. The predicted molar refractivity (Wildman–Crippen MR) is 70.2 cm³/mol. The first-order valence-corrected chi connectivity index (χ1v) is 5.49. The molecule has 1 heterocycles. The molecule has 1 aromatic heterocycles. The highest BCUT2D eigenvalue weighted by Crippen LogP contribution is 2.27. The van der Waals surface area contributed by atoms with E-state index >= 15 is 0 Å². The molecule has 0 aliphatic carbocycles. The summed E-state index contributed by atoms with van der Waals surface area (Å²) in [7, 11) is 1.46. The first-order chi connectivity index (χ1) is 9.63. The molecule has 0 radical (unpaired) electrons. The number of nitrogens with two attached hydrogens (primary N) is 2. The number of nitrogen functional groups attached to an aromatic ring is 1. The van der Waals surface area contributed by atoms with Gasteiger partial charge in [0.05, 0.1) is 12.7 Å². The molecule has 0 fully saturated rings. The van der Waals surface area contributed by atoms with Crippen molar-refractivity contribution in [2.75, 3.05) is 12.8 Å². The fourth-order valence-corrected chi connectivity index (χ4v) is 1.42. The molecule has 9 heteroatoms. The van der Waals surface area contributed by atoms with Gasteiger partial charge in [0.1, 0.15) is 0 Å². The molecule has 1 aromatic carbocycles. The summed E-state index contributed by atoms with van der Waals surface area (Å²) < 4.78 is 9.38. The van der Waals surface area contributed by atoms with Crippen molar-refractivity contribution in [1.82, 2.24) is 10.3 Å². The largest absolute Gasteiger partial charge is 0.504 e. The molecule has 20 heavy (non-hydrogen) atoms. The lowest BCUT2D eigenvalue weighted by Crippen LogP contribution is -2.63. The number of rotatable bonds is 4. The predicted octanol–water partition coefficient (Wildman–Crippen LogP) is -1.81. The molecule has 0 unspecified atom stereocenters. The zero-order chi connectivity index (χ0) is 14.5. The van der Waals surface area contributed by atoms with Crippen LogP contribution in [0.4, 0.5) is 5.82 Å². The fraction of sp³-hybridized carbons (Fsp3) is 0.0909. The van der Waals surface area contributed by atoms with Crippen LogP contribution in [0.15, 0.2) is 27.9 Å². The maximum atomic E-state index is 9.85. The fourth-order valence-electron chi connectivity index (χ4n) is 1.42. The number of aromatic hydroxyl groups is 1. The van der Waals surface area contributed by atoms with Crippen molar-refractivity contribution in [2.45, 2.75) is 0 Å². The zero-order valence-corrected chi connectivity index (χ0v) is 10.6. The van der Waals surface area contributed by atoms with Crippen molar-refractivity contribution in [3.8, 4) is 11.5 Å². The van der Waals surface area contributed by atoms with Crippen LogP contribution < -0.4 is 21.3 Å². The number of ether oxygens (including phenoxy) is 1. The van der Waals surface area contributed by atoms with E-state index in [0.29, 0.717) is 11.3 Å². The summed E-state index contributed by atoms with van der Waals surface area (Å²) in [5, 5.41) is 23.1. The van der Waals surface area contributed by atoms with E-state index < -0.39 is 0 Å². The Morgan fingerprint density at radius 3 is 2.95 bits per heavy atom. The molecule has 0 aliphatic rings. The van der Waals surface area contributed by atoms with Crippen LogP contribution >= 0.6 is 0 Å². The first-order valence-electron chi connectivity index (χ1n) is 5.49. The van der Waals surface area contributed by atoms with E-state index in [2.05, 4.69) is 25.1 Å². The quantitative estimate of drug-likeness (QED) is 0.292. The number of phenolic OH excluding ortho intramolecular Hbond substituents is 1. The zero-order valence-electron chi connectivity index (χ0n) is 10.6. The van der Waals surface area contributed by atoms with Gasteiger partial charge in [-0.3, -0.25) is 0 Å². The summed E-state index contributed by atoms with van der Waals surface area (Å²) in [6.07, 6.45) is 1.44. The number of para-hydroxylation sites is 1. The Kier molecular flexibility index (Phi) is 3.80. The van der Waals surface area contributed by atoms with Crippen molar-refractivity contribution >= 4 is 17.9 Å². The van der Waals surface area contributed by atoms with Gasteiger partial charge in [-0.05, 0) is 22.4 Å². The van der Waals surface area contributed by atoms with E-state index in [1.165, 1.54) is 13.3 Å². The highest BCUT2D eigenvalue weighted by molar-refractivity contribution is 5.98. The summed E-state index contributed by atoms with van der Waals surface area (Å²) in [6, 6.07) is 5.02. The number of amidine groups is 1. The van der Waals surface area contributed by atoms with Crippen molar-refractivity contribution < 1.29 is 19.6 Å². The first kappa shape index (κ1) is 13.3.